The number of rotatable bonds is 7. The lowest BCUT2D eigenvalue weighted by molar-refractivity contribution is -0.122. The van der Waals surface area contributed by atoms with E-state index in [0.717, 1.165) is 55.7 Å². The molecular formula is C26H28N4O2S2. The van der Waals surface area contributed by atoms with Gasteiger partial charge in [-0.15, -0.1) is 0 Å². The molecule has 4 rings (SSSR count). The summed E-state index contributed by atoms with van der Waals surface area (Å²) in [5.74, 6) is 0.677. The third-order valence-electron chi connectivity index (χ3n) is 6.32. The van der Waals surface area contributed by atoms with Crippen LogP contribution < -0.4 is 10.5 Å². The Balaban J connectivity index is 1.81. The van der Waals surface area contributed by atoms with Crippen molar-refractivity contribution in [2.45, 2.75) is 52.6 Å². The minimum absolute atomic E-state index is 0.143. The van der Waals surface area contributed by atoms with Crippen LogP contribution in [0.5, 0.6) is 0 Å². The summed E-state index contributed by atoms with van der Waals surface area (Å²) in [4.78, 5) is 31.0. The molecule has 2 aliphatic rings. The SMILES string of the molecule is CCCCn1c(N2CCCC2)c(C=C2SC(=S)N(Cc3ccccc3)C2=O)c(C)c(C#N)c1=O. The van der Waals surface area contributed by atoms with Crippen molar-refractivity contribution in [1.29, 1.82) is 5.26 Å². The van der Waals surface area contributed by atoms with Gasteiger partial charge in [0.15, 0.2) is 0 Å². The van der Waals surface area contributed by atoms with Gasteiger partial charge in [-0.25, -0.2) is 0 Å². The molecule has 1 aromatic carbocycles. The highest BCUT2D eigenvalue weighted by molar-refractivity contribution is 8.26. The van der Waals surface area contributed by atoms with Crippen LogP contribution in [-0.2, 0) is 17.9 Å². The maximum absolute atomic E-state index is 13.3. The third kappa shape index (κ3) is 4.68. The molecule has 1 amide bonds. The van der Waals surface area contributed by atoms with Crippen LogP contribution in [0.3, 0.4) is 0 Å². The number of carbonyl (C=O) groups excluding carboxylic acids is 1. The van der Waals surface area contributed by atoms with Crippen molar-refractivity contribution in [2.75, 3.05) is 18.0 Å². The molecule has 0 unspecified atom stereocenters. The number of anilines is 1. The van der Waals surface area contributed by atoms with Crippen molar-refractivity contribution in [3.8, 4) is 6.07 Å². The van der Waals surface area contributed by atoms with Gasteiger partial charge >= 0.3 is 0 Å². The number of amides is 1. The predicted octanol–water partition coefficient (Wildman–Crippen LogP) is 4.83. The van der Waals surface area contributed by atoms with Crippen molar-refractivity contribution in [2.24, 2.45) is 0 Å². The predicted molar refractivity (Wildman–Crippen MR) is 142 cm³/mol. The van der Waals surface area contributed by atoms with Gasteiger partial charge in [-0.3, -0.25) is 19.1 Å². The Morgan fingerprint density at radius 2 is 1.88 bits per heavy atom. The van der Waals surface area contributed by atoms with Gasteiger partial charge in [-0.2, -0.15) is 5.26 Å². The number of nitriles is 1. The third-order valence-corrected chi connectivity index (χ3v) is 7.70. The highest BCUT2D eigenvalue weighted by Crippen LogP contribution is 2.37. The molecule has 2 aliphatic heterocycles. The zero-order valence-electron chi connectivity index (χ0n) is 19.5. The second kappa shape index (κ2) is 10.6. The van der Waals surface area contributed by atoms with Gasteiger partial charge in [0.05, 0.1) is 11.4 Å². The van der Waals surface area contributed by atoms with Crippen molar-refractivity contribution in [3.63, 3.8) is 0 Å². The molecule has 0 saturated carbocycles. The van der Waals surface area contributed by atoms with Crippen LogP contribution in [0.2, 0.25) is 0 Å². The van der Waals surface area contributed by atoms with E-state index >= 15 is 0 Å². The molecule has 1 aromatic heterocycles. The number of nitrogens with zero attached hydrogens (tertiary/aromatic N) is 4. The summed E-state index contributed by atoms with van der Waals surface area (Å²) in [6.07, 6.45) is 5.73. The van der Waals surface area contributed by atoms with Crippen LogP contribution >= 0.6 is 24.0 Å². The van der Waals surface area contributed by atoms with Crippen LogP contribution in [0.15, 0.2) is 40.0 Å². The van der Waals surface area contributed by atoms with Crippen LogP contribution in [0.25, 0.3) is 6.08 Å². The number of benzene rings is 1. The van der Waals surface area contributed by atoms with Gasteiger partial charge in [-0.1, -0.05) is 67.7 Å². The van der Waals surface area contributed by atoms with Crippen molar-refractivity contribution < 1.29 is 4.79 Å². The van der Waals surface area contributed by atoms with Gasteiger partial charge in [-0.05, 0) is 43.4 Å². The number of aromatic nitrogens is 1. The molecule has 2 aromatic rings. The molecule has 0 N–H and O–H groups in total. The fourth-order valence-corrected chi connectivity index (χ4v) is 5.71. The molecule has 0 radical (unpaired) electrons. The van der Waals surface area contributed by atoms with Gasteiger partial charge < -0.3 is 4.90 Å². The molecule has 3 heterocycles. The molecule has 2 fully saturated rings. The minimum atomic E-state index is -0.246. The number of unbranched alkanes of at least 4 members (excludes halogenated alkanes) is 1. The van der Waals surface area contributed by atoms with Crippen LogP contribution in [0.4, 0.5) is 5.82 Å². The maximum atomic E-state index is 13.3. The average Bonchev–Trinajstić information content (AvgIpc) is 3.45. The van der Waals surface area contributed by atoms with E-state index in [0.29, 0.717) is 27.9 Å². The number of thioether (sulfide) groups is 1. The van der Waals surface area contributed by atoms with E-state index in [-0.39, 0.29) is 17.0 Å². The lowest BCUT2D eigenvalue weighted by Gasteiger charge is -2.27. The zero-order chi connectivity index (χ0) is 24.2. The van der Waals surface area contributed by atoms with Gasteiger partial charge in [0.25, 0.3) is 11.5 Å². The Hall–Kier alpha value is -2.89. The van der Waals surface area contributed by atoms with E-state index in [1.807, 2.05) is 36.4 Å². The van der Waals surface area contributed by atoms with E-state index in [2.05, 4.69) is 17.9 Å². The molecule has 0 atom stereocenters. The van der Waals surface area contributed by atoms with E-state index < -0.39 is 0 Å². The first-order chi connectivity index (χ1) is 16.5. The standard InChI is InChI=1S/C26H28N4O2S2/c1-3-4-14-29-23(28-12-8-9-13-28)20(18(2)21(16-27)24(29)31)15-22-25(32)30(26(33)34-22)17-19-10-6-5-7-11-19/h5-7,10-11,15H,3-4,8-9,12-14,17H2,1-2H3. The Bertz CT molecular complexity index is 1240. The van der Waals surface area contributed by atoms with Gasteiger partial charge in [0, 0.05) is 25.2 Å². The summed E-state index contributed by atoms with van der Waals surface area (Å²) in [5, 5.41) is 9.79. The summed E-state index contributed by atoms with van der Waals surface area (Å²) >= 11 is 6.82. The monoisotopic (exact) mass is 492 g/mol. The second-order valence-corrected chi connectivity index (χ2v) is 10.3. The molecule has 0 bridgehead atoms. The smallest absolute Gasteiger partial charge is 0.270 e. The van der Waals surface area contributed by atoms with E-state index in [9.17, 15) is 14.9 Å². The van der Waals surface area contributed by atoms with Gasteiger partial charge in [0.1, 0.15) is 21.8 Å². The summed E-state index contributed by atoms with van der Waals surface area (Å²) in [7, 11) is 0. The topological polar surface area (TPSA) is 69.3 Å². The van der Waals surface area contributed by atoms with Crippen LogP contribution in [0, 0.1) is 18.3 Å². The Morgan fingerprint density at radius 3 is 2.53 bits per heavy atom. The lowest BCUT2D eigenvalue weighted by atomic mass is 10.0. The Kier molecular flexibility index (Phi) is 7.54. The molecule has 0 spiro atoms. The van der Waals surface area contributed by atoms with E-state index in [1.165, 1.54) is 11.8 Å². The van der Waals surface area contributed by atoms with Crippen molar-refractivity contribution in [3.05, 3.63) is 67.8 Å². The van der Waals surface area contributed by atoms with Crippen LogP contribution in [0.1, 0.15) is 54.9 Å². The molecule has 176 valence electrons. The van der Waals surface area contributed by atoms with E-state index in [4.69, 9.17) is 12.2 Å². The average molecular weight is 493 g/mol. The zero-order valence-corrected chi connectivity index (χ0v) is 21.2. The largest absolute Gasteiger partial charge is 0.357 e. The minimum Gasteiger partial charge on any atom is -0.357 e. The number of hydrogen-bond donors (Lipinski definition) is 0. The van der Waals surface area contributed by atoms with Crippen molar-refractivity contribution >= 4 is 46.1 Å². The molecule has 34 heavy (non-hydrogen) atoms. The second-order valence-electron chi connectivity index (χ2n) is 8.61. The fourth-order valence-electron chi connectivity index (χ4n) is 4.47. The highest BCUT2D eigenvalue weighted by atomic mass is 32.2. The van der Waals surface area contributed by atoms with Gasteiger partial charge in [0.2, 0.25) is 0 Å². The first-order valence-electron chi connectivity index (χ1n) is 11.7. The Morgan fingerprint density at radius 1 is 1.18 bits per heavy atom. The normalized spacial score (nSPS) is 17.1. The first-order valence-corrected chi connectivity index (χ1v) is 12.9. The first kappa shape index (κ1) is 24.2. The quantitative estimate of drug-likeness (QED) is 0.407. The summed E-state index contributed by atoms with van der Waals surface area (Å²) < 4.78 is 2.26. The molecule has 2 saturated heterocycles. The molecule has 8 heteroatoms. The fraction of sp³-hybridized carbons (Fsp3) is 0.385. The number of thiocarbonyl (C=S) groups is 1. The Labute approximate surface area is 209 Å². The number of carbonyl (C=O) groups is 1. The number of pyridine rings is 1. The van der Waals surface area contributed by atoms with Crippen molar-refractivity contribution in [1.82, 2.24) is 9.47 Å². The molecule has 0 aliphatic carbocycles. The van der Waals surface area contributed by atoms with Crippen LogP contribution in [-0.4, -0.2) is 32.8 Å². The maximum Gasteiger partial charge on any atom is 0.270 e. The summed E-state index contributed by atoms with van der Waals surface area (Å²) in [6, 6.07) is 11.9. The molecular weight excluding hydrogens is 464 g/mol. The lowest BCUT2D eigenvalue weighted by Crippen LogP contribution is -2.33. The summed E-state index contributed by atoms with van der Waals surface area (Å²) in [6.45, 7) is 6.56. The highest BCUT2D eigenvalue weighted by Gasteiger charge is 2.33. The molecule has 6 nitrogen and oxygen atoms in total. The summed E-state index contributed by atoms with van der Waals surface area (Å²) in [5.41, 5.74) is 2.30. The van der Waals surface area contributed by atoms with E-state index in [1.54, 1.807) is 16.4 Å². The number of hydrogen-bond acceptors (Lipinski definition) is 6.